The highest BCUT2D eigenvalue weighted by Gasteiger charge is 2.20. The van der Waals surface area contributed by atoms with Gasteiger partial charge in [0.1, 0.15) is 17.4 Å². The van der Waals surface area contributed by atoms with Crippen LogP contribution in [0.3, 0.4) is 0 Å². The Morgan fingerprint density at radius 2 is 1.83 bits per heavy atom. The Kier molecular flexibility index (Phi) is 7.59. The largest absolute Gasteiger partial charge is 0.323 e. The Morgan fingerprint density at radius 3 is 2.38 bits per heavy atom. The van der Waals surface area contributed by atoms with Crippen molar-refractivity contribution in [3.05, 3.63) is 64.7 Å². The molecule has 3 rings (SSSR count). The van der Waals surface area contributed by atoms with Gasteiger partial charge in [-0.15, -0.1) is 0 Å². The van der Waals surface area contributed by atoms with Crippen molar-refractivity contribution in [2.45, 2.75) is 65.8 Å². The summed E-state index contributed by atoms with van der Waals surface area (Å²) in [5.41, 5.74) is 2.68. The van der Waals surface area contributed by atoms with Gasteiger partial charge in [-0.1, -0.05) is 55.8 Å². The average Bonchev–Trinajstić information content (AvgIpc) is 2.98. The highest BCUT2D eigenvalue weighted by Crippen LogP contribution is 2.28. The molecule has 0 radical (unpaired) electrons. The standard InChI is InChI=1S/C12H14ClFN2.C12H16O/c1-7-15-10-6-9(14)8(13)5-11(10)16(7)12(2,3)4;1-3-12(13)9-10(2)11-7-5-4-6-8-11/h5-6H,1-4H3;4-8,10H,3,9H2,1-2H3. The quantitative estimate of drug-likeness (QED) is 0.456. The molecule has 0 bridgehead atoms. The number of Topliss-reactive ketones (excluding diaryl/α,β-unsaturated/α-hetero) is 1. The molecule has 0 N–H and O–H groups in total. The lowest BCUT2D eigenvalue weighted by Gasteiger charge is -2.23. The fraction of sp³-hybridized carbons (Fsp3) is 0.417. The molecule has 1 heterocycles. The lowest BCUT2D eigenvalue weighted by atomic mass is 9.95. The van der Waals surface area contributed by atoms with Crippen LogP contribution in [0.1, 0.15) is 64.8 Å². The summed E-state index contributed by atoms with van der Waals surface area (Å²) in [5.74, 6) is 1.14. The summed E-state index contributed by atoms with van der Waals surface area (Å²) in [6.45, 7) is 12.2. The molecule has 0 saturated carbocycles. The Bertz CT molecular complexity index is 974. The van der Waals surface area contributed by atoms with Gasteiger partial charge in [-0.2, -0.15) is 0 Å². The number of benzene rings is 2. The number of carbonyl (C=O) groups is 1. The Balaban J connectivity index is 0.000000212. The van der Waals surface area contributed by atoms with E-state index in [-0.39, 0.29) is 10.6 Å². The van der Waals surface area contributed by atoms with Crippen molar-refractivity contribution in [1.82, 2.24) is 9.55 Å². The Labute approximate surface area is 177 Å². The molecule has 0 saturated heterocycles. The number of hydrogen-bond donors (Lipinski definition) is 0. The third-order valence-corrected chi connectivity index (χ3v) is 5.12. The maximum Gasteiger partial charge on any atom is 0.144 e. The van der Waals surface area contributed by atoms with E-state index in [4.69, 9.17) is 11.6 Å². The molecular weight excluding hydrogens is 387 g/mol. The first-order valence-corrected chi connectivity index (χ1v) is 10.3. The Hall–Kier alpha value is -2.20. The zero-order valence-electron chi connectivity index (χ0n) is 18.1. The normalized spacial score (nSPS) is 12.4. The van der Waals surface area contributed by atoms with Gasteiger partial charge in [0.15, 0.2) is 0 Å². The summed E-state index contributed by atoms with van der Waals surface area (Å²) in [4.78, 5) is 15.5. The minimum absolute atomic E-state index is 0.0972. The number of imidazole rings is 1. The van der Waals surface area contributed by atoms with Gasteiger partial charge in [-0.25, -0.2) is 9.37 Å². The van der Waals surface area contributed by atoms with Gasteiger partial charge in [0, 0.05) is 24.4 Å². The van der Waals surface area contributed by atoms with Gasteiger partial charge in [0.2, 0.25) is 0 Å². The van der Waals surface area contributed by atoms with E-state index in [1.165, 1.54) is 11.6 Å². The fourth-order valence-electron chi connectivity index (χ4n) is 3.43. The van der Waals surface area contributed by atoms with Gasteiger partial charge >= 0.3 is 0 Å². The summed E-state index contributed by atoms with van der Waals surface area (Å²) in [5, 5.41) is 0.137. The molecular formula is C24H30ClFN2O. The fourth-order valence-corrected chi connectivity index (χ4v) is 3.58. The number of ketones is 1. The molecule has 0 spiro atoms. The van der Waals surface area contributed by atoms with Crippen LogP contribution in [0.25, 0.3) is 11.0 Å². The second-order valence-electron chi connectivity index (χ2n) is 8.33. The summed E-state index contributed by atoms with van der Waals surface area (Å²) in [7, 11) is 0. The third-order valence-electron chi connectivity index (χ3n) is 4.83. The second-order valence-corrected chi connectivity index (χ2v) is 8.74. The minimum Gasteiger partial charge on any atom is -0.323 e. The van der Waals surface area contributed by atoms with E-state index in [0.717, 1.165) is 11.3 Å². The monoisotopic (exact) mass is 416 g/mol. The smallest absolute Gasteiger partial charge is 0.144 e. The molecule has 1 aromatic heterocycles. The predicted molar refractivity (Wildman–Crippen MR) is 119 cm³/mol. The average molecular weight is 417 g/mol. The first kappa shape index (κ1) is 23.1. The van der Waals surface area contributed by atoms with Crippen molar-refractivity contribution in [3.63, 3.8) is 0 Å². The summed E-state index contributed by atoms with van der Waals surface area (Å²) in [6, 6.07) is 13.2. The van der Waals surface area contributed by atoms with Crippen molar-refractivity contribution in [1.29, 1.82) is 0 Å². The number of aryl methyl sites for hydroxylation is 1. The molecule has 0 amide bonds. The lowest BCUT2D eigenvalue weighted by molar-refractivity contribution is -0.119. The van der Waals surface area contributed by atoms with Gasteiger partial charge in [-0.3, -0.25) is 4.79 Å². The number of halogens is 2. The van der Waals surface area contributed by atoms with E-state index in [2.05, 4.69) is 49.4 Å². The predicted octanol–water partition coefficient (Wildman–Crippen LogP) is 7.05. The first-order chi connectivity index (χ1) is 13.5. The highest BCUT2D eigenvalue weighted by molar-refractivity contribution is 6.31. The van der Waals surface area contributed by atoms with Crippen LogP contribution in [-0.4, -0.2) is 15.3 Å². The topological polar surface area (TPSA) is 34.9 Å². The van der Waals surface area contributed by atoms with Crippen LogP contribution in [0.15, 0.2) is 42.5 Å². The van der Waals surface area contributed by atoms with Gasteiger partial charge in [-0.05, 0) is 45.2 Å². The molecule has 1 atom stereocenters. The minimum atomic E-state index is -0.423. The number of carbonyl (C=O) groups excluding carboxylic acids is 1. The molecule has 5 heteroatoms. The van der Waals surface area contributed by atoms with Crippen molar-refractivity contribution in [3.8, 4) is 0 Å². The van der Waals surface area contributed by atoms with Crippen molar-refractivity contribution < 1.29 is 9.18 Å². The molecule has 156 valence electrons. The molecule has 3 aromatic rings. The molecule has 0 fully saturated rings. The SMILES string of the molecule is CCC(=O)CC(C)c1ccccc1.Cc1nc2cc(F)c(Cl)cc2n1C(C)(C)C. The molecule has 0 aliphatic rings. The van der Waals surface area contributed by atoms with Crippen molar-refractivity contribution >= 4 is 28.4 Å². The number of aromatic nitrogens is 2. The van der Waals surface area contributed by atoms with Gasteiger partial charge in [0.25, 0.3) is 0 Å². The van der Waals surface area contributed by atoms with Crippen LogP contribution in [0, 0.1) is 12.7 Å². The van der Waals surface area contributed by atoms with E-state index in [1.54, 1.807) is 6.07 Å². The molecule has 0 aliphatic heterocycles. The molecule has 29 heavy (non-hydrogen) atoms. The van der Waals surface area contributed by atoms with Crippen LogP contribution >= 0.6 is 11.6 Å². The van der Waals surface area contributed by atoms with Crippen LogP contribution in [-0.2, 0) is 10.3 Å². The molecule has 1 unspecified atom stereocenters. The van der Waals surface area contributed by atoms with Crippen molar-refractivity contribution in [2.75, 3.05) is 0 Å². The summed E-state index contributed by atoms with van der Waals surface area (Å²) in [6.07, 6.45) is 1.32. The molecule has 2 aromatic carbocycles. The lowest BCUT2D eigenvalue weighted by Crippen LogP contribution is -2.22. The second kappa shape index (κ2) is 9.53. The number of fused-ring (bicyclic) bond motifs is 1. The maximum atomic E-state index is 13.3. The van der Waals surface area contributed by atoms with E-state index in [1.807, 2.05) is 32.0 Å². The molecule has 0 aliphatic carbocycles. The van der Waals surface area contributed by atoms with E-state index in [9.17, 15) is 9.18 Å². The van der Waals surface area contributed by atoms with Crippen LogP contribution in [0.2, 0.25) is 5.02 Å². The number of rotatable bonds is 4. The third kappa shape index (κ3) is 5.89. The number of hydrogen-bond acceptors (Lipinski definition) is 2. The maximum absolute atomic E-state index is 13.3. The Morgan fingerprint density at radius 1 is 1.21 bits per heavy atom. The van der Waals surface area contributed by atoms with Crippen LogP contribution < -0.4 is 0 Å². The van der Waals surface area contributed by atoms with Crippen LogP contribution in [0.5, 0.6) is 0 Å². The zero-order chi connectivity index (χ0) is 21.8. The first-order valence-electron chi connectivity index (χ1n) is 9.95. The van der Waals surface area contributed by atoms with E-state index in [0.29, 0.717) is 30.1 Å². The summed E-state index contributed by atoms with van der Waals surface area (Å²) >= 11 is 5.80. The van der Waals surface area contributed by atoms with Gasteiger partial charge in [0.05, 0.1) is 16.1 Å². The van der Waals surface area contributed by atoms with E-state index >= 15 is 0 Å². The van der Waals surface area contributed by atoms with Gasteiger partial charge < -0.3 is 4.57 Å². The summed E-state index contributed by atoms with van der Waals surface area (Å²) < 4.78 is 15.4. The van der Waals surface area contributed by atoms with E-state index < -0.39 is 5.82 Å². The number of nitrogens with zero attached hydrogens (tertiary/aromatic N) is 2. The zero-order valence-corrected chi connectivity index (χ0v) is 18.8. The molecule has 3 nitrogen and oxygen atoms in total. The highest BCUT2D eigenvalue weighted by atomic mass is 35.5. The van der Waals surface area contributed by atoms with Crippen molar-refractivity contribution in [2.24, 2.45) is 0 Å². The van der Waals surface area contributed by atoms with Crippen LogP contribution in [0.4, 0.5) is 4.39 Å².